The van der Waals surface area contributed by atoms with Crippen LogP contribution < -0.4 is 5.32 Å². The lowest BCUT2D eigenvalue weighted by molar-refractivity contribution is 0.176. The number of benzene rings is 1. The maximum absolute atomic E-state index is 3.45. The van der Waals surface area contributed by atoms with Gasteiger partial charge in [-0.25, -0.2) is 0 Å². The van der Waals surface area contributed by atoms with Gasteiger partial charge in [0.05, 0.1) is 0 Å². The molecule has 1 aromatic rings. The van der Waals surface area contributed by atoms with E-state index in [4.69, 9.17) is 0 Å². The van der Waals surface area contributed by atoms with E-state index in [0.717, 1.165) is 25.6 Å². The van der Waals surface area contributed by atoms with Crippen molar-refractivity contribution in [2.45, 2.75) is 46.2 Å². The summed E-state index contributed by atoms with van der Waals surface area (Å²) in [5, 5.41) is 3.45. The van der Waals surface area contributed by atoms with E-state index < -0.39 is 0 Å². The average Bonchev–Trinajstić information content (AvgIpc) is 2.41. The Labute approximate surface area is 118 Å². The zero-order chi connectivity index (χ0) is 13.5. The molecule has 1 aliphatic heterocycles. The molecule has 0 saturated carbocycles. The third-order valence-electron chi connectivity index (χ3n) is 3.93. The summed E-state index contributed by atoms with van der Waals surface area (Å²) in [6.45, 7) is 10.3. The molecule has 0 aliphatic carbocycles. The van der Waals surface area contributed by atoms with Crippen molar-refractivity contribution in [3.05, 3.63) is 35.4 Å². The summed E-state index contributed by atoms with van der Waals surface area (Å²) in [5.74, 6) is 0.867. The number of hydrogen-bond donors (Lipinski definition) is 1. The Hall–Kier alpha value is -0.860. The molecule has 2 nitrogen and oxygen atoms in total. The molecule has 1 fully saturated rings. The fourth-order valence-electron chi connectivity index (χ4n) is 2.86. The first-order valence-corrected chi connectivity index (χ1v) is 7.79. The summed E-state index contributed by atoms with van der Waals surface area (Å²) in [6.07, 6.45) is 3.96. The monoisotopic (exact) mass is 260 g/mol. The smallest absolute Gasteiger partial charge is 0.0233 e. The van der Waals surface area contributed by atoms with Crippen molar-refractivity contribution in [3.8, 4) is 0 Å². The van der Waals surface area contributed by atoms with Crippen LogP contribution >= 0.6 is 0 Å². The van der Waals surface area contributed by atoms with Gasteiger partial charge in [-0.2, -0.15) is 0 Å². The Balaban J connectivity index is 1.81. The lowest BCUT2D eigenvalue weighted by Gasteiger charge is -2.30. The summed E-state index contributed by atoms with van der Waals surface area (Å²) >= 11 is 0. The minimum Gasteiger partial charge on any atom is -0.313 e. The van der Waals surface area contributed by atoms with Crippen molar-refractivity contribution in [1.29, 1.82) is 0 Å². The molecule has 2 heteroatoms. The maximum Gasteiger partial charge on any atom is 0.0233 e. The predicted molar refractivity (Wildman–Crippen MR) is 82.1 cm³/mol. The van der Waals surface area contributed by atoms with E-state index in [2.05, 4.69) is 48.3 Å². The van der Waals surface area contributed by atoms with Crippen LogP contribution in [-0.4, -0.2) is 24.5 Å². The Kier molecular flexibility index (Phi) is 5.87. The summed E-state index contributed by atoms with van der Waals surface area (Å²) in [4.78, 5) is 2.60. The highest BCUT2D eigenvalue weighted by Crippen LogP contribution is 2.18. The first kappa shape index (κ1) is 14.5. The second-order valence-corrected chi connectivity index (χ2v) is 5.98. The second-order valence-electron chi connectivity index (χ2n) is 5.98. The number of rotatable bonds is 6. The first-order valence-electron chi connectivity index (χ1n) is 7.79. The summed E-state index contributed by atoms with van der Waals surface area (Å²) in [5.41, 5.74) is 2.84. The number of piperidine rings is 1. The van der Waals surface area contributed by atoms with Crippen LogP contribution in [-0.2, 0) is 13.1 Å². The van der Waals surface area contributed by atoms with Crippen molar-refractivity contribution in [1.82, 2.24) is 10.2 Å². The molecule has 2 rings (SSSR count). The van der Waals surface area contributed by atoms with Crippen molar-refractivity contribution >= 4 is 0 Å². The fraction of sp³-hybridized carbons (Fsp3) is 0.647. The van der Waals surface area contributed by atoms with Gasteiger partial charge in [-0.3, -0.25) is 4.90 Å². The molecule has 0 bridgehead atoms. The van der Waals surface area contributed by atoms with Gasteiger partial charge >= 0.3 is 0 Å². The highest BCUT2D eigenvalue weighted by atomic mass is 15.1. The van der Waals surface area contributed by atoms with Gasteiger partial charge in [0, 0.05) is 19.6 Å². The van der Waals surface area contributed by atoms with E-state index in [9.17, 15) is 0 Å². The van der Waals surface area contributed by atoms with Crippen molar-refractivity contribution in [2.24, 2.45) is 5.92 Å². The SMILES string of the molecule is CCCNCc1ccc(CN2CCCC(C)C2)cc1. The van der Waals surface area contributed by atoms with Gasteiger partial charge in [0.2, 0.25) is 0 Å². The Morgan fingerprint density at radius 3 is 2.63 bits per heavy atom. The van der Waals surface area contributed by atoms with Crippen molar-refractivity contribution < 1.29 is 0 Å². The standard InChI is InChI=1S/C17H28N2/c1-3-10-18-12-16-6-8-17(9-7-16)14-19-11-4-5-15(2)13-19/h6-9,15,18H,3-5,10-14H2,1-2H3. The summed E-state index contributed by atoms with van der Waals surface area (Å²) in [6, 6.07) is 9.13. The Morgan fingerprint density at radius 2 is 1.95 bits per heavy atom. The van der Waals surface area contributed by atoms with Gasteiger partial charge in [0.25, 0.3) is 0 Å². The first-order chi connectivity index (χ1) is 9.28. The van der Waals surface area contributed by atoms with E-state index in [1.165, 1.54) is 43.5 Å². The van der Waals surface area contributed by atoms with Crippen LogP contribution in [0, 0.1) is 5.92 Å². The second kappa shape index (κ2) is 7.66. The molecule has 19 heavy (non-hydrogen) atoms. The van der Waals surface area contributed by atoms with Crippen LogP contribution in [0.1, 0.15) is 44.2 Å². The normalized spacial score (nSPS) is 20.6. The van der Waals surface area contributed by atoms with Gasteiger partial charge in [-0.15, -0.1) is 0 Å². The largest absolute Gasteiger partial charge is 0.313 e. The van der Waals surface area contributed by atoms with Crippen molar-refractivity contribution in [2.75, 3.05) is 19.6 Å². The molecule has 1 heterocycles. The average molecular weight is 260 g/mol. The molecule has 106 valence electrons. The third kappa shape index (κ3) is 4.96. The lowest BCUT2D eigenvalue weighted by Crippen LogP contribution is -2.33. The van der Waals surface area contributed by atoms with Crippen LogP contribution in [0.2, 0.25) is 0 Å². The summed E-state index contributed by atoms with van der Waals surface area (Å²) < 4.78 is 0. The highest BCUT2D eigenvalue weighted by Gasteiger charge is 2.15. The van der Waals surface area contributed by atoms with Gasteiger partial charge < -0.3 is 5.32 Å². The number of nitrogens with one attached hydrogen (secondary N) is 1. The van der Waals surface area contributed by atoms with E-state index in [-0.39, 0.29) is 0 Å². The predicted octanol–water partition coefficient (Wildman–Crippen LogP) is 3.42. The molecule has 0 radical (unpaired) electrons. The molecule has 1 atom stereocenters. The number of nitrogens with zero attached hydrogens (tertiary/aromatic N) is 1. The van der Waals surface area contributed by atoms with Crippen LogP contribution in [0.5, 0.6) is 0 Å². The van der Waals surface area contributed by atoms with E-state index in [1.54, 1.807) is 0 Å². The van der Waals surface area contributed by atoms with Gasteiger partial charge in [0.15, 0.2) is 0 Å². The molecule has 1 unspecified atom stereocenters. The Morgan fingerprint density at radius 1 is 1.21 bits per heavy atom. The molecule has 1 aromatic carbocycles. The fourth-order valence-corrected chi connectivity index (χ4v) is 2.86. The molecule has 0 amide bonds. The van der Waals surface area contributed by atoms with E-state index in [0.29, 0.717) is 0 Å². The molecular formula is C17H28N2. The van der Waals surface area contributed by atoms with Crippen LogP contribution in [0.3, 0.4) is 0 Å². The zero-order valence-corrected chi connectivity index (χ0v) is 12.5. The van der Waals surface area contributed by atoms with Gasteiger partial charge in [0.1, 0.15) is 0 Å². The minimum absolute atomic E-state index is 0.867. The lowest BCUT2D eigenvalue weighted by atomic mass is 9.99. The van der Waals surface area contributed by atoms with Crippen LogP contribution in [0.15, 0.2) is 24.3 Å². The quantitative estimate of drug-likeness (QED) is 0.788. The topological polar surface area (TPSA) is 15.3 Å². The molecular weight excluding hydrogens is 232 g/mol. The molecule has 0 spiro atoms. The molecule has 1 N–H and O–H groups in total. The van der Waals surface area contributed by atoms with E-state index >= 15 is 0 Å². The molecule has 1 saturated heterocycles. The maximum atomic E-state index is 3.45. The van der Waals surface area contributed by atoms with Gasteiger partial charge in [-0.05, 0) is 49.4 Å². The van der Waals surface area contributed by atoms with Crippen molar-refractivity contribution in [3.63, 3.8) is 0 Å². The zero-order valence-electron chi connectivity index (χ0n) is 12.5. The Bertz CT molecular complexity index is 358. The van der Waals surface area contributed by atoms with Crippen LogP contribution in [0.4, 0.5) is 0 Å². The van der Waals surface area contributed by atoms with Crippen LogP contribution in [0.25, 0.3) is 0 Å². The minimum atomic E-state index is 0.867. The van der Waals surface area contributed by atoms with Gasteiger partial charge in [-0.1, -0.05) is 38.1 Å². The number of hydrogen-bond acceptors (Lipinski definition) is 2. The number of likely N-dealkylation sites (tertiary alicyclic amines) is 1. The summed E-state index contributed by atoms with van der Waals surface area (Å²) in [7, 11) is 0. The molecule has 0 aromatic heterocycles. The molecule has 1 aliphatic rings. The van der Waals surface area contributed by atoms with E-state index in [1.807, 2.05) is 0 Å². The third-order valence-corrected chi connectivity index (χ3v) is 3.93. The highest BCUT2D eigenvalue weighted by molar-refractivity contribution is 5.22.